The third-order valence-corrected chi connectivity index (χ3v) is 4.33. The van der Waals surface area contributed by atoms with E-state index in [4.69, 9.17) is 14.0 Å². The third kappa shape index (κ3) is 7.70. The van der Waals surface area contributed by atoms with Gasteiger partial charge in [0.15, 0.2) is 23.2 Å². The molecular formula is C22H35IN4O3. The highest BCUT2D eigenvalue weighted by molar-refractivity contribution is 14.0. The molecule has 2 rings (SSSR count). The molecule has 0 spiro atoms. The van der Waals surface area contributed by atoms with Crippen LogP contribution < -0.4 is 20.1 Å². The maximum absolute atomic E-state index is 5.74. The fourth-order valence-electron chi connectivity index (χ4n) is 2.78. The summed E-state index contributed by atoms with van der Waals surface area (Å²) < 4.78 is 16.8. The van der Waals surface area contributed by atoms with Crippen molar-refractivity contribution in [2.45, 2.75) is 60.0 Å². The van der Waals surface area contributed by atoms with Crippen LogP contribution >= 0.6 is 24.0 Å². The molecule has 1 aromatic carbocycles. The van der Waals surface area contributed by atoms with E-state index in [1.165, 1.54) is 0 Å². The molecular weight excluding hydrogens is 495 g/mol. The standard InChI is InChI=1S/C22H34N4O3.HI/c1-7-23-22(24-14-18-13-19(15(4)5)26-29-18)25-16(6)17-10-11-20(27-8-2)21(12-17)28-9-3;/h10-13,15-16H,7-9,14H2,1-6H3,(H2,23,24,25);1H. The van der Waals surface area contributed by atoms with Gasteiger partial charge in [0.05, 0.1) is 24.9 Å². The summed E-state index contributed by atoms with van der Waals surface area (Å²) >= 11 is 0. The van der Waals surface area contributed by atoms with Crippen LogP contribution in [0.4, 0.5) is 0 Å². The molecule has 7 nitrogen and oxygen atoms in total. The van der Waals surface area contributed by atoms with Crippen LogP contribution in [0.1, 0.15) is 70.5 Å². The third-order valence-electron chi connectivity index (χ3n) is 4.33. The largest absolute Gasteiger partial charge is 0.490 e. The van der Waals surface area contributed by atoms with Gasteiger partial charge in [0.1, 0.15) is 6.54 Å². The summed E-state index contributed by atoms with van der Waals surface area (Å²) in [5.74, 6) is 3.32. The van der Waals surface area contributed by atoms with Gasteiger partial charge in [-0.15, -0.1) is 24.0 Å². The van der Waals surface area contributed by atoms with Crippen LogP contribution in [0.15, 0.2) is 33.8 Å². The summed E-state index contributed by atoms with van der Waals surface area (Å²) in [6, 6.07) is 8.00. The van der Waals surface area contributed by atoms with E-state index in [0.717, 1.165) is 35.1 Å². The van der Waals surface area contributed by atoms with E-state index >= 15 is 0 Å². The van der Waals surface area contributed by atoms with Crippen molar-refractivity contribution in [1.29, 1.82) is 0 Å². The second-order valence-electron chi connectivity index (χ2n) is 7.01. The van der Waals surface area contributed by atoms with Gasteiger partial charge < -0.3 is 24.6 Å². The lowest BCUT2D eigenvalue weighted by Gasteiger charge is -2.20. The van der Waals surface area contributed by atoms with Crippen molar-refractivity contribution in [3.05, 3.63) is 41.3 Å². The van der Waals surface area contributed by atoms with Crippen LogP contribution in [0.2, 0.25) is 0 Å². The Morgan fingerprint density at radius 3 is 2.37 bits per heavy atom. The quantitative estimate of drug-likeness (QED) is 0.255. The normalized spacial score (nSPS) is 12.3. The number of guanidine groups is 1. The topological polar surface area (TPSA) is 80.9 Å². The number of nitrogens with one attached hydrogen (secondary N) is 2. The van der Waals surface area contributed by atoms with Gasteiger partial charge in [-0.2, -0.15) is 0 Å². The number of halogens is 1. The average Bonchev–Trinajstić information content (AvgIpc) is 3.17. The van der Waals surface area contributed by atoms with Crippen LogP contribution in [-0.2, 0) is 6.54 Å². The van der Waals surface area contributed by atoms with E-state index in [2.05, 4.69) is 41.6 Å². The molecule has 1 heterocycles. The molecule has 0 saturated heterocycles. The van der Waals surface area contributed by atoms with Crippen LogP contribution in [0.5, 0.6) is 11.5 Å². The lowest BCUT2D eigenvalue weighted by Crippen LogP contribution is -2.38. The van der Waals surface area contributed by atoms with E-state index in [9.17, 15) is 0 Å². The maximum atomic E-state index is 5.74. The van der Waals surface area contributed by atoms with Crippen molar-refractivity contribution in [3.8, 4) is 11.5 Å². The highest BCUT2D eigenvalue weighted by atomic mass is 127. The van der Waals surface area contributed by atoms with Gasteiger partial charge in [0.25, 0.3) is 0 Å². The smallest absolute Gasteiger partial charge is 0.192 e. The molecule has 0 saturated carbocycles. The molecule has 1 aromatic heterocycles. The lowest BCUT2D eigenvalue weighted by molar-refractivity contribution is 0.287. The molecule has 8 heteroatoms. The molecule has 0 amide bonds. The lowest BCUT2D eigenvalue weighted by atomic mass is 10.1. The second-order valence-corrected chi connectivity index (χ2v) is 7.01. The Labute approximate surface area is 197 Å². The number of ether oxygens (including phenoxy) is 2. The van der Waals surface area contributed by atoms with Gasteiger partial charge >= 0.3 is 0 Å². The molecule has 0 fully saturated rings. The fourth-order valence-corrected chi connectivity index (χ4v) is 2.78. The van der Waals surface area contributed by atoms with E-state index in [1.54, 1.807) is 0 Å². The number of hydrogen-bond donors (Lipinski definition) is 2. The van der Waals surface area contributed by atoms with Gasteiger partial charge in [0.2, 0.25) is 0 Å². The number of nitrogens with zero attached hydrogens (tertiary/aromatic N) is 2. The summed E-state index contributed by atoms with van der Waals surface area (Å²) in [6.45, 7) is 14.6. The van der Waals surface area contributed by atoms with E-state index in [0.29, 0.717) is 31.6 Å². The van der Waals surface area contributed by atoms with Gasteiger partial charge in [-0.05, 0) is 51.3 Å². The van der Waals surface area contributed by atoms with Crippen molar-refractivity contribution in [2.24, 2.45) is 4.99 Å². The maximum Gasteiger partial charge on any atom is 0.192 e. The summed E-state index contributed by atoms with van der Waals surface area (Å²) in [5.41, 5.74) is 2.03. The molecule has 0 radical (unpaired) electrons. The predicted molar refractivity (Wildman–Crippen MR) is 131 cm³/mol. The molecule has 0 aliphatic carbocycles. The Morgan fingerprint density at radius 2 is 1.77 bits per heavy atom. The molecule has 0 aliphatic rings. The zero-order valence-electron chi connectivity index (χ0n) is 18.8. The molecule has 2 aromatic rings. The summed E-state index contributed by atoms with van der Waals surface area (Å²) in [5, 5.41) is 10.8. The Balaban J connectivity index is 0.00000450. The highest BCUT2D eigenvalue weighted by Gasteiger charge is 2.13. The van der Waals surface area contributed by atoms with Gasteiger partial charge in [0, 0.05) is 12.6 Å². The van der Waals surface area contributed by atoms with Gasteiger partial charge in [-0.3, -0.25) is 0 Å². The van der Waals surface area contributed by atoms with Crippen LogP contribution in [0, 0.1) is 0 Å². The number of benzene rings is 1. The highest BCUT2D eigenvalue weighted by Crippen LogP contribution is 2.30. The molecule has 168 valence electrons. The summed E-state index contributed by atoms with van der Waals surface area (Å²) in [7, 11) is 0. The van der Waals surface area contributed by atoms with Crippen molar-refractivity contribution < 1.29 is 14.0 Å². The van der Waals surface area contributed by atoms with Gasteiger partial charge in [-0.25, -0.2) is 4.99 Å². The monoisotopic (exact) mass is 530 g/mol. The zero-order chi connectivity index (χ0) is 21.2. The predicted octanol–water partition coefficient (Wildman–Crippen LogP) is 5.03. The minimum Gasteiger partial charge on any atom is -0.490 e. The van der Waals surface area contributed by atoms with Gasteiger partial charge in [-0.1, -0.05) is 25.1 Å². The average molecular weight is 530 g/mol. The first-order chi connectivity index (χ1) is 14.0. The molecule has 1 unspecified atom stereocenters. The molecule has 0 bridgehead atoms. The van der Waals surface area contributed by atoms with Crippen molar-refractivity contribution in [1.82, 2.24) is 15.8 Å². The summed E-state index contributed by atoms with van der Waals surface area (Å²) in [6.07, 6.45) is 0. The first kappa shape index (κ1) is 26.1. The Kier molecular flexibility index (Phi) is 11.6. The Bertz CT molecular complexity index is 792. The molecule has 2 N–H and O–H groups in total. The number of aliphatic imine (C=N–C) groups is 1. The molecule has 30 heavy (non-hydrogen) atoms. The summed E-state index contributed by atoms with van der Waals surface area (Å²) in [4.78, 5) is 4.63. The second kappa shape index (κ2) is 13.4. The van der Waals surface area contributed by atoms with Crippen molar-refractivity contribution in [3.63, 3.8) is 0 Å². The van der Waals surface area contributed by atoms with Crippen molar-refractivity contribution in [2.75, 3.05) is 19.8 Å². The zero-order valence-corrected chi connectivity index (χ0v) is 21.2. The van der Waals surface area contributed by atoms with Crippen LogP contribution in [-0.4, -0.2) is 30.9 Å². The van der Waals surface area contributed by atoms with Crippen molar-refractivity contribution >= 4 is 29.9 Å². The first-order valence-electron chi connectivity index (χ1n) is 10.4. The Morgan fingerprint density at radius 1 is 1.07 bits per heavy atom. The molecule has 0 aliphatic heterocycles. The van der Waals surface area contributed by atoms with Crippen LogP contribution in [0.3, 0.4) is 0 Å². The fraction of sp³-hybridized carbons (Fsp3) is 0.545. The number of rotatable bonds is 10. The van der Waals surface area contributed by atoms with E-state index < -0.39 is 0 Å². The SMILES string of the molecule is CCNC(=NCc1cc(C(C)C)no1)NC(C)c1ccc(OCC)c(OCC)c1.I. The van der Waals surface area contributed by atoms with Crippen LogP contribution in [0.25, 0.3) is 0 Å². The Hall–Kier alpha value is -1.97. The van der Waals surface area contributed by atoms with E-state index in [-0.39, 0.29) is 30.0 Å². The molecule has 1 atom stereocenters. The number of aromatic nitrogens is 1. The minimum atomic E-state index is 0. The van der Waals surface area contributed by atoms with E-state index in [1.807, 2.05) is 45.0 Å². The minimum absolute atomic E-state index is 0. The number of hydrogen-bond acceptors (Lipinski definition) is 5. The first-order valence-corrected chi connectivity index (χ1v) is 10.4.